The van der Waals surface area contributed by atoms with Gasteiger partial charge in [-0.2, -0.15) is 0 Å². The molecule has 1 saturated heterocycles. The molecule has 1 aliphatic carbocycles. The third kappa shape index (κ3) is 2.89. The van der Waals surface area contributed by atoms with Crippen molar-refractivity contribution in [1.82, 2.24) is 5.32 Å². The fourth-order valence-corrected chi connectivity index (χ4v) is 3.68. The monoisotopic (exact) mass is 254 g/mol. The molecular formula is C15H30N2O. The minimum Gasteiger partial charge on any atom is -0.374 e. The van der Waals surface area contributed by atoms with Gasteiger partial charge in [0.15, 0.2) is 0 Å². The van der Waals surface area contributed by atoms with Crippen LogP contribution in [0.2, 0.25) is 0 Å². The van der Waals surface area contributed by atoms with Crippen molar-refractivity contribution in [1.29, 1.82) is 0 Å². The summed E-state index contributed by atoms with van der Waals surface area (Å²) in [5.74, 6) is 1.46. The summed E-state index contributed by atoms with van der Waals surface area (Å²) in [6.45, 7) is 9.54. The SMILES string of the molecule is CC1CCC(C)C(CN)(NCC2(C)CCCO2)C1. The van der Waals surface area contributed by atoms with Crippen LogP contribution in [0.3, 0.4) is 0 Å². The molecule has 18 heavy (non-hydrogen) atoms. The molecule has 2 aliphatic rings. The molecule has 0 spiro atoms. The molecule has 0 bridgehead atoms. The van der Waals surface area contributed by atoms with Gasteiger partial charge in [0, 0.05) is 25.2 Å². The zero-order valence-electron chi connectivity index (χ0n) is 12.3. The summed E-state index contributed by atoms with van der Waals surface area (Å²) >= 11 is 0. The molecule has 0 aromatic carbocycles. The van der Waals surface area contributed by atoms with Crippen molar-refractivity contribution in [2.24, 2.45) is 17.6 Å². The van der Waals surface area contributed by atoms with Crippen LogP contribution >= 0.6 is 0 Å². The minimum atomic E-state index is 0.0303. The van der Waals surface area contributed by atoms with Gasteiger partial charge in [0.25, 0.3) is 0 Å². The fourth-order valence-electron chi connectivity index (χ4n) is 3.68. The van der Waals surface area contributed by atoms with Crippen LogP contribution in [0.5, 0.6) is 0 Å². The normalized spacial score (nSPS) is 45.3. The number of hydrogen-bond acceptors (Lipinski definition) is 3. The highest BCUT2D eigenvalue weighted by molar-refractivity contribution is 5.00. The number of nitrogens with two attached hydrogens (primary N) is 1. The van der Waals surface area contributed by atoms with Gasteiger partial charge < -0.3 is 15.8 Å². The highest BCUT2D eigenvalue weighted by atomic mass is 16.5. The van der Waals surface area contributed by atoms with Gasteiger partial charge in [-0.05, 0) is 44.4 Å². The maximum atomic E-state index is 6.12. The predicted molar refractivity (Wildman–Crippen MR) is 75.6 cm³/mol. The quantitative estimate of drug-likeness (QED) is 0.809. The van der Waals surface area contributed by atoms with E-state index in [9.17, 15) is 0 Å². The molecule has 2 fully saturated rings. The maximum Gasteiger partial charge on any atom is 0.0779 e. The van der Waals surface area contributed by atoms with Gasteiger partial charge in [-0.1, -0.05) is 20.3 Å². The maximum absolute atomic E-state index is 6.12. The lowest BCUT2D eigenvalue weighted by molar-refractivity contribution is 0.00474. The van der Waals surface area contributed by atoms with E-state index in [4.69, 9.17) is 10.5 Å². The summed E-state index contributed by atoms with van der Waals surface area (Å²) in [5, 5.41) is 3.80. The van der Waals surface area contributed by atoms with Crippen LogP contribution in [0.25, 0.3) is 0 Å². The minimum absolute atomic E-state index is 0.0303. The Balaban J connectivity index is 1.98. The first kappa shape index (κ1) is 14.3. The molecule has 4 unspecified atom stereocenters. The molecule has 0 radical (unpaired) electrons. The summed E-state index contributed by atoms with van der Waals surface area (Å²) in [7, 11) is 0. The summed E-state index contributed by atoms with van der Waals surface area (Å²) in [5.41, 5.74) is 6.28. The van der Waals surface area contributed by atoms with Gasteiger partial charge in [0.2, 0.25) is 0 Å². The Bertz CT molecular complexity index is 276. The lowest BCUT2D eigenvalue weighted by atomic mass is 9.69. The molecule has 1 aliphatic heterocycles. The largest absolute Gasteiger partial charge is 0.374 e. The summed E-state index contributed by atoms with van der Waals surface area (Å²) in [6.07, 6.45) is 6.21. The van der Waals surface area contributed by atoms with Gasteiger partial charge in [0.05, 0.1) is 5.60 Å². The van der Waals surface area contributed by atoms with E-state index >= 15 is 0 Å². The van der Waals surface area contributed by atoms with E-state index in [0.29, 0.717) is 5.92 Å². The zero-order valence-corrected chi connectivity index (χ0v) is 12.3. The molecule has 0 aromatic rings. The molecule has 2 rings (SSSR count). The third-order valence-electron chi connectivity index (χ3n) is 5.23. The zero-order chi connectivity index (χ0) is 13.2. The highest BCUT2D eigenvalue weighted by Crippen LogP contribution is 2.37. The van der Waals surface area contributed by atoms with Crippen LogP contribution < -0.4 is 11.1 Å². The second-order valence-corrected chi connectivity index (χ2v) is 6.90. The molecule has 0 aromatic heterocycles. The first-order chi connectivity index (χ1) is 8.50. The van der Waals surface area contributed by atoms with Crippen LogP contribution in [0.15, 0.2) is 0 Å². The van der Waals surface area contributed by atoms with E-state index < -0.39 is 0 Å². The standard InChI is InChI=1S/C15H30N2O/c1-12-5-6-13(2)15(9-12,10-16)17-11-14(3)7-4-8-18-14/h12-13,17H,4-11,16H2,1-3H3. The Labute approximate surface area is 112 Å². The molecule has 3 N–H and O–H groups in total. The fraction of sp³-hybridized carbons (Fsp3) is 1.00. The first-order valence-electron chi connectivity index (χ1n) is 7.59. The van der Waals surface area contributed by atoms with Crippen molar-refractivity contribution in [2.75, 3.05) is 19.7 Å². The number of rotatable bonds is 4. The number of ether oxygens (including phenoxy) is 1. The molecular weight excluding hydrogens is 224 g/mol. The topological polar surface area (TPSA) is 47.3 Å². The van der Waals surface area contributed by atoms with Gasteiger partial charge in [-0.3, -0.25) is 0 Å². The lowest BCUT2D eigenvalue weighted by Crippen LogP contribution is -2.61. The summed E-state index contributed by atoms with van der Waals surface area (Å²) < 4.78 is 5.88. The van der Waals surface area contributed by atoms with Gasteiger partial charge >= 0.3 is 0 Å². The summed E-state index contributed by atoms with van der Waals surface area (Å²) in [6, 6.07) is 0. The van der Waals surface area contributed by atoms with E-state index in [-0.39, 0.29) is 11.1 Å². The number of nitrogens with one attached hydrogen (secondary N) is 1. The van der Waals surface area contributed by atoms with E-state index in [1.165, 1.54) is 32.1 Å². The van der Waals surface area contributed by atoms with Crippen molar-refractivity contribution in [3.05, 3.63) is 0 Å². The van der Waals surface area contributed by atoms with Gasteiger partial charge in [0.1, 0.15) is 0 Å². The second kappa shape index (κ2) is 5.48. The molecule has 106 valence electrons. The number of hydrogen-bond donors (Lipinski definition) is 2. The third-order valence-corrected chi connectivity index (χ3v) is 5.23. The average Bonchev–Trinajstić information content (AvgIpc) is 2.78. The lowest BCUT2D eigenvalue weighted by Gasteiger charge is -2.46. The van der Waals surface area contributed by atoms with Crippen LogP contribution in [0.4, 0.5) is 0 Å². The van der Waals surface area contributed by atoms with Crippen molar-refractivity contribution < 1.29 is 4.74 Å². The Morgan fingerprint density at radius 1 is 1.33 bits per heavy atom. The first-order valence-corrected chi connectivity index (χ1v) is 7.59. The van der Waals surface area contributed by atoms with E-state index in [1.807, 2.05) is 0 Å². The van der Waals surface area contributed by atoms with Crippen molar-refractivity contribution >= 4 is 0 Å². The van der Waals surface area contributed by atoms with Crippen molar-refractivity contribution in [2.45, 2.75) is 64.0 Å². The van der Waals surface area contributed by atoms with Crippen molar-refractivity contribution in [3.63, 3.8) is 0 Å². The summed E-state index contributed by atoms with van der Waals surface area (Å²) in [4.78, 5) is 0. The van der Waals surface area contributed by atoms with Gasteiger partial charge in [-0.15, -0.1) is 0 Å². The second-order valence-electron chi connectivity index (χ2n) is 6.90. The van der Waals surface area contributed by atoms with E-state index in [1.54, 1.807) is 0 Å². The Morgan fingerprint density at radius 3 is 2.72 bits per heavy atom. The smallest absolute Gasteiger partial charge is 0.0779 e. The molecule has 4 atom stereocenters. The van der Waals surface area contributed by atoms with E-state index in [2.05, 4.69) is 26.1 Å². The highest BCUT2D eigenvalue weighted by Gasteiger charge is 2.41. The predicted octanol–water partition coefficient (Wildman–Crippen LogP) is 2.30. The molecule has 3 nitrogen and oxygen atoms in total. The van der Waals surface area contributed by atoms with Crippen LogP contribution in [0.1, 0.15) is 52.9 Å². The molecule has 1 heterocycles. The van der Waals surface area contributed by atoms with E-state index in [0.717, 1.165) is 25.6 Å². The van der Waals surface area contributed by atoms with Crippen LogP contribution in [0, 0.1) is 11.8 Å². The Kier molecular flexibility index (Phi) is 4.35. The molecule has 0 amide bonds. The molecule has 3 heteroatoms. The average molecular weight is 254 g/mol. The van der Waals surface area contributed by atoms with Crippen molar-refractivity contribution in [3.8, 4) is 0 Å². The van der Waals surface area contributed by atoms with Gasteiger partial charge in [-0.25, -0.2) is 0 Å². The Hall–Kier alpha value is -0.120. The Morgan fingerprint density at radius 2 is 2.11 bits per heavy atom. The van der Waals surface area contributed by atoms with Crippen LogP contribution in [-0.4, -0.2) is 30.8 Å². The molecule has 1 saturated carbocycles. The van der Waals surface area contributed by atoms with Crippen LogP contribution in [-0.2, 0) is 4.74 Å².